The summed E-state index contributed by atoms with van der Waals surface area (Å²) in [6.45, 7) is 0.509. The summed E-state index contributed by atoms with van der Waals surface area (Å²) in [5.41, 5.74) is -0.677. The molecule has 2 N–H and O–H groups in total. The third kappa shape index (κ3) is 3.92. The normalized spacial score (nSPS) is 26.0. The van der Waals surface area contributed by atoms with Crippen LogP contribution in [-0.2, 0) is 30.9 Å². The Morgan fingerprint density at radius 1 is 1.48 bits per heavy atom. The molecule has 3 rings (SSSR count). The molecule has 9 nitrogen and oxygen atoms in total. The van der Waals surface area contributed by atoms with E-state index in [4.69, 9.17) is 9.47 Å². The Kier molecular flexibility index (Phi) is 5.41. The maximum absolute atomic E-state index is 12.8. The van der Waals surface area contributed by atoms with Gasteiger partial charge in [-0.15, -0.1) is 0 Å². The first-order valence-electron chi connectivity index (χ1n) is 8.54. The molecule has 0 bridgehead atoms. The van der Waals surface area contributed by atoms with E-state index in [1.54, 1.807) is 25.3 Å². The Balaban J connectivity index is 1.78. The molecule has 0 saturated carbocycles. The summed E-state index contributed by atoms with van der Waals surface area (Å²) >= 11 is 0. The molecule has 2 atom stereocenters. The standard InChI is InChI=1S/C17H23N3O6S/c1-25-13-5-3-4-12(8-13)9-19-15(21)14-10-20(27(2,23)24)11-17(14)16(22)18-6-7-26-17/h3-5,8,14H,6-7,9-11H2,1-2H3,(H,18,22)(H,19,21)/t14-,17-/m1/s1. The summed E-state index contributed by atoms with van der Waals surface area (Å²) in [7, 11) is -2.01. The van der Waals surface area contributed by atoms with Gasteiger partial charge < -0.3 is 20.1 Å². The van der Waals surface area contributed by atoms with Crippen molar-refractivity contribution in [1.82, 2.24) is 14.9 Å². The van der Waals surface area contributed by atoms with Gasteiger partial charge in [0.1, 0.15) is 5.75 Å². The number of nitrogens with zero attached hydrogens (tertiary/aromatic N) is 1. The van der Waals surface area contributed by atoms with Crippen LogP contribution in [0.3, 0.4) is 0 Å². The van der Waals surface area contributed by atoms with E-state index in [1.807, 2.05) is 6.07 Å². The smallest absolute Gasteiger partial charge is 0.254 e. The van der Waals surface area contributed by atoms with E-state index in [0.717, 1.165) is 16.1 Å². The van der Waals surface area contributed by atoms with E-state index in [2.05, 4.69) is 10.6 Å². The molecule has 1 aromatic rings. The molecule has 2 aliphatic rings. The van der Waals surface area contributed by atoms with Gasteiger partial charge in [0.2, 0.25) is 15.9 Å². The van der Waals surface area contributed by atoms with Gasteiger partial charge in [0.15, 0.2) is 5.60 Å². The van der Waals surface area contributed by atoms with E-state index in [0.29, 0.717) is 12.3 Å². The van der Waals surface area contributed by atoms with Gasteiger partial charge in [0.05, 0.1) is 32.4 Å². The number of amides is 2. The van der Waals surface area contributed by atoms with Crippen LogP contribution in [0.2, 0.25) is 0 Å². The number of morpholine rings is 1. The van der Waals surface area contributed by atoms with Gasteiger partial charge in [-0.2, -0.15) is 4.31 Å². The van der Waals surface area contributed by atoms with Crippen molar-refractivity contribution >= 4 is 21.8 Å². The lowest BCUT2D eigenvalue weighted by atomic mass is 9.87. The summed E-state index contributed by atoms with van der Waals surface area (Å²) < 4.78 is 35.9. The number of hydrogen-bond donors (Lipinski definition) is 2. The van der Waals surface area contributed by atoms with Crippen molar-refractivity contribution < 1.29 is 27.5 Å². The van der Waals surface area contributed by atoms with E-state index >= 15 is 0 Å². The van der Waals surface area contributed by atoms with Crippen molar-refractivity contribution in [3.05, 3.63) is 29.8 Å². The van der Waals surface area contributed by atoms with Crippen LogP contribution >= 0.6 is 0 Å². The Morgan fingerprint density at radius 3 is 2.93 bits per heavy atom. The molecule has 10 heteroatoms. The molecule has 0 unspecified atom stereocenters. The number of benzene rings is 1. The minimum absolute atomic E-state index is 0.101. The first kappa shape index (κ1) is 19.6. The number of carbonyl (C=O) groups is 2. The molecule has 2 heterocycles. The third-order valence-electron chi connectivity index (χ3n) is 4.88. The van der Waals surface area contributed by atoms with Gasteiger partial charge in [-0.05, 0) is 17.7 Å². The Labute approximate surface area is 158 Å². The van der Waals surface area contributed by atoms with Crippen molar-refractivity contribution in [3.8, 4) is 5.75 Å². The lowest BCUT2D eigenvalue weighted by Crippen LogP contribution is -2.62. The van der Waals surface area contributed by atoms with Crippen LogP contribution in [-0.4, -0.2) is 69.7 Å². The highest BCUT2D eigenvalue weighted by Gasteiger charge is 2.59. The molecular weight excluding hydrogens is 374 g/mol. The summed E-state index contributed by atoms with van der Waals surface area (Å²) in [4.78, 5) is 25.4. The average Bonchev–Trinajstić information content (AvgIpc) is 3.03. The summed E-state index contributed by atoms with van der Waals surface area (Å²) in [6, 6.07) is 7.22. The second-order valence-corrected chi connectivity index (χ2v) is 8.65. The van der Waals surface area contributed by atoms with Crippen molar-refractivity contribution in [2.24, 2.45) is 5.92 Å². The van der Waals surface area contributed by atoms with Crippen LogP contribution in [0.5, 0.6) is 5.75 Å². The summed E-state index contributed by atoms with van der Waals surface area (Å²) in [5, 5.41) is 5.46. The fraction of sp³-hybridized carbons (Fsp3) is 0.529. The number of sulfonamides is 1. The quantitative estimate of drug-likeness (QED) is 0.665. The van der Waals surface area contributed by atoms with E-state index in [-0.39, 0.29) is 26.2 Å². The Hall–Kier alpha value is -2.17. The van der Waals surface area contributed by atoms with Crippen LogP contribution in [0.4, 0.5) is 0 Å². The van der Waals surface area contributed by atoms with E-state index in [1.165, 1.54) is 0 Å². The highest BCUT2D eigenvalue weighted by molar-refractivity contribution is 7.88. The second-order valence-electron chi connectivity index (χ2n) is 6.67. The third-order valence-corrected chi connectivity index (χ3v) is 6.09. The molecular formula is C17H23N3O6S. The minimum atomic E-state index is -3.57. The molecule has 1 aromatic carbocycles. The van der Waals surface area contributed by atoms with E-state index in [9.17, 15) is 18.0 Å². The van der Waals surface area contributed by atoms with Crippen molar-refractivity contribution in [1.29, 1.82) is 0 Å². The zero-order valence-corrected chi connectivity index (χ0v) is 16.0. The number of nitrogens with one attached hydrogen (secondary N) is 2. The number of carbonyl (C=O) groups excluding carboxylic acids is 2. The monoisotopic (exact) mass is 397 g/mol. The molecule has 2 aliphatic heterocycles. The number of methoxy groups -OCH3 is 1. The highest BCUT2D eigenvalue weighted by Crippen LogP contribution is 2.34. The van der Waals surface area contributed by atoms with Crippen LogP contribution in [0.25, 0.3) is 0 Å². The molecule has 2 saturated heterocycles. The number of ether oxygens (including phenoxy) is 2. The largest absolute Gasteiger partial charge is 0.497 e. The predicted molar refractivity (Wildman–Crippen MR) is 96.4 cm³/mol. The van der Waals surface area contributed by atoms with Gasteiger partial charge in [0, 0.05) is 19.6 Å². The summed E-state index contributed by atoms with van der Waals surface area (Å²) in [6.07, 6.45) is 1.05. The van der Waals surface area contributed by atoms with Crippen molar-refractivity contribution in [2.45, 2.75) is 12.1 Å². The minimum Gasteiger partial charge on any atom is -0.497 e. The fourth-order valence-corrected chi connectivity index (χ4v) is 4.27. The predicted octanol–water partition coefficient (Wildman–Crippen LogP) is -0.912. The fourth-order valence-electron chi connectivity index (χ4n) is 3.42. The first-order valence-corrected chi connectivity index (χ1v) is 10.4. The number of hydrogen-bond acceptors (Lipinski definition) is 6. The van der Waals surface area contributed by atoms with Gasteiger partial charge in [-0.25, -0.2) is 8.42 Å². The molecule has 2 fully saturated rings. The SMILES string of the molecule is COc1cccc(CNC(=O)[C@H]2CN(S(C)(=O)=O)C[C@@]23OCCNC3=O)c1. The highest BCUT2D eigenvalue weighted by atomic mass is 32.2. The van der Waals surface area contributed by atoms with Crippen LogP contribution in [0, 0.1) is 5.92 Å². The van der Waals surface area contributed by atoms with Gasteiger partial charge >= 0.3 is 0 Å². The second kappa shape index (κ2) is 7.45. The Bertz CT molecular complexity index is 843. The topological polar surface area (TPSA) is 114 Å². The lowest BCUT2D eigenvalue weighted by molar-refractivity contribution is -0.163. The van der Waals surface area contributed by atoms with Crippen LogP contribution in [0.1, 0.15) is 5.56 Å². The molecule has 1 spiro atoms. The van der Waals surface area contributed by atoms with Crippen LogP contribution < -0.4 is 15.4 Å². The molecule has 0 aliphatic carbocycles. The maximum Gasteiger partial charge on any atom is 0.254 e. The van der Waals surface area contributed by atoms with E-state index < -0.39 is 33.4 Å². The lowest BCUT2D eigenvalue weighted by Gasteiger charge is -2.36. The molecule has 148 valence electrons. The van der Waals surface area contributed by atoms with Gasteiger partial charge in [0.25, 0.3) is 5.91 Å². The zero-order valence-electron chi connectivity index (χ0n) is 15.2. The van der Waals surface area contributed by atoms with Crippen LogP contribution in [0.15, 0.2) is 24.3 Å². The Morgan fingerprint density at radius 2 is 2.26 bits per heavy atom. The molecule has 0 radical (unpaired) electrons. The summed E-state index contributed by atoms with van der Waals surface area (Å²) in [5.74, 6) is -1.15. The first-order chi connectivity index (χ1) is 12.8. The maximum atomic E-state index is 12.8. The van der Waals surface area contributed by atoms with Gasteiger partial charge in [-0.3, -0.25) is 9.59 Å². The molecule has 2 amide bonds. The number of rotatable bonds is 5. The molecule has 27 heavy (non-hydrogen) atoms. The zero-order chi connectivity index (χ0) is 19.7. The van der Waals surface area contributed by atoms with Gasteiger partial charge in [-0.1, -0.05) is 12.1 Å². The van der Waals surface area contributed by atoms with Crippen molar-refractivity contribution in [3.63, 3.8) is 0 Å². The molecule has 0 aromatic heterocycles. The van der Waals surface area contributed by atoms with Crippen molar-refractivity contribution in [2.75, 3.05) is 39.6 Å². The average molecular weight is 397 g/mol.